The highest BCUT2D eigenvalue weighted by Gasteiger charge is 2.33. The van der Waals surface area contributed by atoms with E-state index in [4.69, 9.17) is 0 Å². The zero-order valence-corrected chi connectivity index (χ0v) is 17.9. The lowest BCUT2D eigenvalue weighted by molar-refractivity contribution is -0.126. The Balaban J connectivity index is 1.87. The van der Waals surface area contributed by atoms with Crippen molar-refractivity contribution in [1.29, 1.82) is 0 Å². The summed E-state index contributed by atoms with van der Waals surface area (Å²) in [5, 5.41) is 5.50. The number of nitrogens with zero attached hydrogens (tertiary/aromatic N) is 1. The van der Waals surface area contributed by atoms with Crippen molar-refractivity contribution in [3.05, 3.63) is 15.9 Å². The molecule has 1 aromatic heterocycles. The largest absolute Gasteiger partial charge is 0.356 e. The first-order chi connectivity index (χ1) is 12.3. The summed E-state index contributed by atoms with van der Waals surface area (Å²) in [7, 11) is -3.57. The van der Waals surface area contributed by atoms with Gasteiger partial charge < -0.3 is 10.6 Å². The third-order valence-electron chi connectivity index (χ3n) is 4.12. The molecule has 0 spiro atoms. The van der Waals surface area contributed by atoms with Gasteiger partial charge in [0.15, 0.2) is 0 Å². The second-order valence-corrected chi connectivity index (χ2v) is 10.8. The van der Waals surface area contributed by atoms with Crippen LogP contribution in [0.3, 0.4) is 0 Å². The van der Waals surface area contributed by atoms with E-state index in [0.29, 0.717) is 25.9 Å². The van der Waals surface area contributed by atoms with E-state index in [1.807, 2.05) is 6.92 Å². The number of hydrogen-bond donors (Lipinski definition) is 2. The minimum atomic E-state index is -3.57. The molecule has 26 heavy (non-hydrogen) atoms. The number of piperidine rings is 1. The van der Waals surface area contributed by atoms with Crippen LogP contribution >= 0.6 is 27.3 Å². The van der Waals surface area contributed by atoms with Crippen molar-refractivity contribution in [3.8, 4) is 0 Å². The summed E-state index contributed by atoms with van der Waals surface area (Å²) in [6, 6.07) is 3.28. The molecule has 0 aromatic carbocycles. The Morgan fingerprint density at radius 2 is 2.08 bits per heavy atom. The average Bonchev–Trinajstić information content (AvgIpc) is 3.07. The smallest absolute Gasteiger partial charge is 0.252 e. The minimum absolute atomic E-state index is 0.0942. The maximum Gasteiger partial charge on any atom is 0.252 e. The molecule has 1 aliphatic rings. The summed E-state index contributed by atoms with van der Waals surface area (Å²) >= 11 is 4.44. The maximum atomic E-state index is 12.7. The number of halogens is 1. The van der Waals surface area contributed by atoms with E-state index < -0.39 is 10.0 Å². The van der Waals surface area contributed by atoms with E-state index in [9.17, 15) is 18.0 Å². The molecule has 1 aromatic rings. The molecule has 1 atom stereocenters. The Morgan fingerprint density at radius 1 is 1.31 bits per heavy atom. The molecule has 0 aliphatic carbocycles. The molecule has 10 heteroatoms. The number of hydrogen-bond acceptors (Lipinski definition) is 5. The van der Waals surface area contributed by atoms with Gasteiger partial charge in [-0.2, -0.15) is 4.31 Å². The van der Waals surface area contributed by atoms with Gasteiger partial charge in [0.2, 0.25) is 11.8 Å². The van der Waals surface area contributed by atoms with Crippen molar-refractivity contribution >= 4 is 49.1 Å². The van der Waals surface area contributed by atoms with Gasteiger partial charge in [0.05, 0.1) is 9.70 Å². The molecule has 146 valence electrons. The van der Waals surface area contributed by atoms with Gasteiger partial charge in [-0.05, 0) is 47.3 Å². The van der Waals surface area contributed by atoms with E-state index >= 15 is 0 Å². The second-order valence-electron chi connectivity index (χ2n) is 6.15. The first-order valence-corrected chi connectivity index (χ1v) is 11.7. The van der Waals surface area contributed by atoms with Crippen molar-refractivity contribution in [2.75, 3.05) is 26.2 Å². The number of carbonyl (C=O) groups excluding carboxylic acids is 2. The predicted octanol–water partition coefficient (Wildman–Crippen LogP) is 1.94. The first kappa shape index (κ1) is 21.3. The van der Waals surface area contributed by atoms with Gasteiger partial charge in [0.25, 0.3) is 10.0 Å². The molecule has 0 saturated carbocycles. The average molecular weight is 466 g/mol. The summed E-state index contributed by atoms with van der Waals surface area (Å²) in [5.74, 6) is -0.676. The van der Waals surface area contributed by atoms with E-state index in [-0.39, 0.29) is 41.5 Å². The normalized spacial score (nSPS) is 18.5. The third-order valence-corrected chi connectivity index (χ3v) is 8.08. The molecule has 2 amide bonds. The Bertz CT molecular complexity index is 736. The number of amides is 2. The van der Waals surface area contributed by atoms with Crippen molar-refractivity contribution in [1.82, 2.24) is 14.9 Å². The predicted molar refractivity (Wildman–Crippen MR) is 104 cm³/mol. The lowest BCUT2D eigenvalue weighted by Gasteiger charge is -2.30. The maximum absolute atomic E-state index is 12.7. The summed E-state index contributed by atoms with van der Waals surface area (Å²) < 4.78 is 27.8. The van der Waals surface area contributed by atoms with E-state index in [0.717, 1.165) is 21.5 Å². The van der Waals surface area contributed by atoms with Gasteiger partial charge in [-0.1, -0.05) is 6.92 Å². The minimum Gasteiger partial charge on any atom is -0.356 e. The van der Waals surface area contributed by atoms with Gasteiger partial charge in [-0.3, -0.25) is 9.59 Å². The molecule has 1 fully saturated rings. The van der Waals surface area contributed by atoms with Crippen LogP contribution in [0.1, 0.15) is 32.6 Å². The van der Waals surface area contributed by atoms with Crippen LogP contribution < -0.4 is 10.6 Å². The van der Waals surface area contributed by atoms with E-state index in [1.165, 1.54) is 4.31 Å². The van der Waals surface area contributed by atoms with Crippen LogP contribution in [0.25, 0.3) is 0 Å². The van der Waals surface area contributed by atoms with Crippen molar-refractivity contribution in [3.63, 3.8) is 0 Å². The summed E-state index contributed by atoms with van der Waals surface area (Å²) in [6.45, 7) is 3.45. The van der Waals surface area contributed by atoms with Crippen LogP contribution in [0.15, 0.2) is 20.1 Å². The van der Waals surface area contributed by atoms with Crippen molar-refractivity contribution in [2.45, 2.75) is 36.8 Å². The zero-order valence-electron chi connectivity index (χ0n) is 14.7. The van der Waals surface area contributed by atoms with Gasteiger partial charge in [0.1, 0.15) is 4.21 Å². The Hall–Kier alpha value is -0.970. The van der Waals surface area contributed by atoms with Crippen LogP contribution in [0, 0.1) is 5.92 Å². The Labute approximate surface area is 166 Å². The standard InChI is InChI=1S/C16H24BrN3O4S2/c1-2-8-18-14(21)7-9-19-16(22)12-4-3-10-20(11-12)26(23,24)15-6-5-13(17)25-15/h5-6,12H,2-4,7-11H2,1H3,(H,18,21)(H,19,22). The molecule has 1 unspecified atom stereocenters. The van der Waals surface area contributed by atoms with Gasteiger partial charge >= 0.3 is 0 Å². The highest BCUT2D eigenvalue weighted by molar-refractivity contribution is 9.11. The molecule has 2 N–H and O–H groups in total. The third kappa shape index (κ3) is 5.77. The van der Waals surface area contributed by atoms with Crippen LogP contribution in [0.2, 0.25) is 0 Å². The fourth-order valence-electron chi connectivity index (χ4n) is 2.73. The molecule has 2 rings (SSSR count). The van der Waals surface area contributed by atoms with Crippen LogP contribution in [0.4, 0.5) is 0 Å². The molecule has 0 bridgehead atoms. The molecule has 1 aliphatic heterocycles. The van der Waals surface area contributed by atoms with Crippen LogP contribution in [0.5, 0.6) is 0 Å². The molecule has 2 heterocycles. The molecular formula is C16H24BrN3O4S2. The highest BCUT2D eigenvalue weighted by Crippen LogP contribution is 2.30. The number of thiophene rings is 1. The first-order valence-electron chi connectivity index (χ1n) is 8.64. The SMILES string of the molecule is CCCNC(=O)CCNC(=O)C1CCCN(S(=O)(=O)c2ccc(Br)s2)C1. The monoisotopic (exact) mass is 465 g/mol. The molecule has 1 saturated heterocycles. The van der Waals surface area contributed by atoms with Gasteiger partial charge in [0, 0.05) is 32.6 Å². The molecule has 7 nitrogen and oxygen atoms in total. The van der Waals surface area contributed by atoms with Crippen LogP contribution in [-0.2, 0) is 19.6 Å². The Morgan fingerprint density at radius 3 is 2.73 bits per heavy atom. The quantitative estimate of drug-likeness (QED) is 0.612. The second kappa shape index (κ2) is 9.82. The van der Waals surface area contributed by atoms with E-state index in [2.05, 4.69) is 26.6 Å². The van der Waals surface area contributed by atoms with Crippen molar-refractivity contribution < 1.29 is 18.0 Å². The van der Waals surface area contributed by atoms with Gasteiger partial charge in [-0.25, -0.2) is 8.42 Å². The summed E-state index contributed by atoms with van der Waals surface area (Å²) in [6.07, 6.45) is 2.38. The van der Waals surface area contributed by atoms with Crippen molar-refractivity contribution in [2.24, 2.45) is 5.92 Å². The molecular weight excluding hydrogens is 442 g/mol. The number of nitrogens with one attached hydrogen (secondary N) is 2. The fraction of sp³-hybridized carbons (Fsp3) is 0.625. The summed E-state index contributed by atoms with van der Waals surface area (Å²) in [4.78, 5) is 23.9. The van der Waals surface area contributed by atoms with Crippen LogP contribution in [-0.4, -0.2) is 50.7 Å². The number of carbonyl (C=O) groups is 2. The number of sulfonamides is 1. The fourth-order valence-corrected chi connectivity index (χ4v) is 6.42. The number of rotatable bonds is 8. The lowest BCUT2D eigenvalue weighted by atomic mass is 9.99. The zero-order chi connectivity index (χ0) is 19.2. The highest BCUT2D eigenvalue weighted by atomic mass is 79.9. The van der Waals surface area contributed by atoms with E-state index in [1.54, 1.807) is 12.1 Å². The molecule has 0 radical (unpaired) electrons. The lowest BCUT2D eigenvalue weighted by Crippen LogP contribution is -2.45. The van der Waals surface area contributed by atoms with Gasteiger partial charge in [-0.15, -0.1) is 11.3 Å². The topological polar surface area (TPSA) is 95.6 Å². The summed E-state index contributed by atoms with van der Waals surface area (Å²) in [5.41, 5.74) is 0. The Kier molecular flexibility index (Phi) is 8.05.